The number of imide groups is 1. The van der Waals surface area contributed by atoms with Gasteiger partial charge in [0.1, 0.15) is 35.5 Å². The van der Waals surface area contributed by atoms with Gasteiger partial charge in [0, 0.05) is 24.2 Å². The van der Waals surface area contributed by atoms with Crippen molar-refractivity contribution >= 4 is 35.3 Å². The van der Waals surface area contributed by atoms with Crippen LogP contribution >= 0.6 is 0 Å². The Bertz CT molecular complexity index is 2780. The third kappa shape index (κ3) is 8.10. The fourth-order valence-corrected chi connectivity index (χ4v) is 10.5. The van der Waals surface area contributed by atoms with E-state index >= 15 is 14.4 Å². The number of morpholine rings is 1. The second-order valence-corrected chi connectivity index (χ2v) is 17.4. The Labute approximate surface area is 387 Å². The summed E-state index contributed by atoms with van der Waals surface area (Å²) in [6.07, 6.45) is 3.97. The lowest BCUT2D eigenvalue weighted by Gasteiger charge is -2.46. The molecule has 1 saturated carbocycles. The summed E-state index contributed by atoms with van der Waals surface area (Å²) in [7, 11) is 0. The van der Waals surface area contributed by atoms with Crippen LogP contribution in [0.3, 0.4) is 0 Å². The molecule has 6 atom stereocenters. The number of benzene rings is 5. The van der Waals surface area contributed by atoms with Gasteiger partial charge in [0.25, 0.3) is 5.69 Å². The van der Waals surface area contributed by atoms with Gasteiger partial charge in [-0.3, -0.25) is 29.4 Å². The van der Waals surface area contributed by atoms with Crippen LogP contribution < -0.4 is 10.2 Å². The molecule has 67 heavy (non-hydrogen) atoms. The van der Waals surface area contributed by atoms with Crippen molar-refractivity contribution in [2.24, 2.45) is 5.92 Å². The second-order valence-electron chi connectivity index (χ2n) is 17.4. The number of hydrogen-bond acceptors (Lipinski definition) is 11. The molecule has 14 nitrogen and oxygen atoms in total. The highest BCUT2D eigenvalue weighted by atomic mass is 16.6. The van der Waals surface area contributed by atoms with E-state index in [1.807, 2.05) is 65.6 Å². The highest BCUT2D eigenvalue weighted by molar-refractivity contribution is 6.23. The molecule has 14 heteroatoms. The molecule has 0 radical (unpaired) electrons. The summed E-state index contributed by atoms with van der Waals surface area (Å²) in [4.78, 5) is 75.0. The number of nitrogens with one attached hydrogen (secondary N) is 1. The topological polar surface area (TPSA) is 189 Å². The number of phenolic OH excluding ortho intramolecular Hbond substituents is 1. The Morgan fingerprint density at radius 2 is 1.52 bits per heavy atom. The number of rotatable bonds is 9. The summed E-state index contributed by atoms with van der Waals surface area (Å²) in [6, 6.07) is 31.5. The van der Waals surface area contributed by atoms with E-state index in [9.17, 15) is 25.1 Å². The smallest absolute Gasteiger partial charge is 0.421 e. The van der Waals surface area contributed by atoms with Crippen molar-refractivity contribution in [3.63, 3.8) is 0 Å². The van der Waals surface area contributed by atoms with Crippen molar-refractivity contribution in [2.75, 3.05) is 11.4 Å². The van der Waals surface area contributed by atoms with E-state index in [1.54, 1.807) is 30.3 Å². The van der Waals surface area contributed by atoms with Gasteiger partial charge in [-0.15, -0.1) is 6.58 Å². The summed E-state index contributed by atoms with van der Waals surface area (Å²) < 4.78 is 12.3. The third-order valence-electron chi connectivity index (χ3n) is 13.4. The number of nitro benzene ring substituents is 1. The lowest BCUT2D eigenvalue weighted by molar-refractivity contribution is -0.384. The monoisotopic (exact) mass is 900 g/mol. The first-order chi connectivity index (χ1) is 32.4. The maximum Gasteiger partial charge on any atom is 0.421 e. The van der Waals surface area contributed by atoms with Crippen molar-refractivity contribution in [2.45, 2.75) is 80.4 Å². The Balaban J connectivity index is 1.30. The molecule has 1 spiro atoms. The van der Waals surface area contributed by atoms with Gasteiger partial charge in [0.2, 0.25) is 11.8 Å². The molecular formula is C53H48N4O10. The average Bonchev–Trinajstić information content (AvgIpc) is 3.68. The second kappa shape index (κ2) is 18.4. The number of aliphatic hydroxyl groups is 1. The van der Waals surface area contributed by atoms with Gasteiger partial charge in [-0.1, -0.05) is 104 Å². The van der Waals surface area contributed by atoms with Gasteiger partial charge >= 0.3 is 12.1 Å². The van der Waals surface area contributed by atoms with Gasteiger partial charge in [0.05, 0.1) is 28.6 Å². The molecule has 1 aliphatic carbocycles. The van der Waals surface area contributed by atoms with Crippen LogP contribution in [0.25, 0.3) is 0 Å². The van der Waals surface area contributed by atoms with Crippen LogP contribution in [0.1, 0.15) is 90.1 Å². The summed E-state index contributed by atoms with van der Waals surface area (Å²) in [6.45, 7) is 3.39. The summed E-state index contributed by atoms with van der Waals surface area (Å²) in [5, 5.41) is 36.6. The van der Waals surface area contributed by atoms with Crippen LogP contribution in [0.15, 0.2) is 140 Å². The number of esters is 1. The fraction of sp³-hybridized carbons (Fsp3) is 0.283. The molecule has 3 N–H and O–H groups in total. The number of phenols is 1. The molecule has 3 heterocycles. The van der Waals surface area contributed by atoms with Gasteiger partial charge in [-0.25, -0.2) is 9.69 Å². The zero-order chi connectivity index (χ0) is 46.9. The predicted octanol–water partition coefficient (Wildman–Crippen LogP) is 8.04. The zero-order valence-electron chi connectivity index (χ0n) is 36.5. The number of anilines is 1. The molecule has 0 unspecified atom stereocenters. The first-order valence-corrected chi connectivity index (χ1v) is 22.4. The van der Waals surface area contributed by atoms with Gasteiger partial charge < -0.3 is 25.0 Å². The summed E-state index contributed by atoms with van der Waals surface area (Å²) in [5.74, 6) is 2.29. The van der Waals surface area contributed by atoms with E-state index in [0.29, 0.717) is 40.7 Å². The molecule has 0 aromatic heterocycles. The number of cyclic esters (lactones) is 1. The highest BCUT2D eigenvalue weighted by Crippen LogP contribution is 2.66. The number of carbonyl (C=O) groups excluding carboxylic acids is 4. The molecule has 0 bridgehead atoms. The Morgan fingerprint density at radius 3 is 2.16 bits per heavy atom. The number of nitro groups is 1. The number of nitrogens with zero attached hydrogens (tertiary/aromatic N) is 3. The first-order valence-electron chi connectivity index (χ1n) is 22.4. The van der Waals surface area contributed by atoms with E-state index in [4.69, 9.17) is 9.47 Å². The van der Waals surface area contributed by atoms with Crippen LogP contribution in [0.2, 0.25) is 0 Å². The van der Waals surface area contributed by atoms with E-state index < -0.39 is 70.0 Å². The molecule has 3 fully saturated rings. The lowest BCUT2D eigenvalue weighted by Crippen LogP contribution is -2.55. The largest absolute Gasteiger partial charge is 0.508 e. The quantitative estimate of drug-likeness (QED) is 0.0324. The van der Waals surface area contributed by atoms with Crippen LogP contribution in [-0.2, 0) is 35.9 Å². The van der Waals surface area contributed by atoms with E-state index in [1.165, 1.54) is 42.5 Å². The van der Waals surface area contributed by atoms with E-state index in [0.717, 1.165) is 30.6 Å². The Kier molecular flexibility index (Phi) is 12.2. The predicted molar refractivity (Wildman–Crippen MR) is 246 cm³/mol. The highest BCUT2D eigenvalue weighted by Gasteiger charge is 2.75. The first kappa shape index (κ1) is 44.6. The maximum atomic E-state index is 16.3. The SMILES string of the molecule is C=CCNC(=O)[C@@H]1[C@H]2C(=O)O[C@H](c3ccccc3)[C@H](c3ccccc3)N2[C@H](c2ccc(O)cc2)[C@@]12C(=O)N(C(=O)OCc1ccc([N+](=O)[O-])cc1)c1ccc(C#CC3(O)CCCCCC3)cc12. The minimum absolute atomic E-state index is 0.0298. The Morgan fingerprint density at radius 1 is 0.866 bits per heavy atom. The van der Waals surface area contributed by atoms with Crippen molar-refractivity contribution in [1.29, 1.82) is 0 Å². The van der Waals surface area contributed by atoms with E-state index in [2.05, 4.69) is 23.7 Å². The van der Waals surface area contributed by atoms with Crippen molar-refractivity contribution in [3.05, 3.63) is 184 Å². The molecule has 9 rings (SSSR count). The zero-order valence-corrected chi connectivity index (χ0v) is 36.5. The molecule has 340 valence electrons. The normalized spacial score (nSPS) is 24.0. The van der Waals surface area contributed by atoms with Gasteiger partial charge in [-0.2, -0.15) is 0 Å². The summed E-state index contributed by atoms with van der Waals surface area (Å²) in [5.41, 5.74) is -0.655. The number of hydrogen-bond donors (Lipinski definition) is 3. The van der Waals surface area contributed by atoms with Crippen molar-refractivity contribution < 1.29 is 43.8 Å². The third-order valence-corrected chi connectivity index (χ3v) is 13.4. The number of aromatic hydroxyl groups is 1. The van der Waals surface area contributed by atoms with Crippen LogP contribution in [0.4, 0.5) is 16.2 Å². The van der Waals surface area contributed by atoms with Crippen LogP contribution in [0.5, 0.6) is 5.75 Å². The average molecular weight is 901 g/mol. The van der Waals surface area contributed by atoms with Crippen molar-refractivity contribution in [1.82, 2.24) is 10.2 Å². The number of fused-ring (bicyclic) bond motifs is 3. The molecule has 3 aliphatic heterocycles. The van der Waals surface area contributed by atoms with E-state index in [-0.39, 0.29) is 35.8 Å². The minimum atomic E-state index is -2.11. The molecular weight excluding hydrogens is 853 g/mol. The fourth-order valence-electron chi connectivity index (χ4n) is 10.5. The molecule has 5 aromatic carbocycles. The maximum absolute atomic E-state index is 16.3. The lowest BCUT2D eigenvalue weighted by atomic mass is 9.65. The number of carbonyl (C=O) groups is 4. The molecule has 2 saturated heterocycles. The molecule has 3 amide bonds. The van der Waals surface area contributed by atoms with Crippen LogP contribution in [0, 0.1) is 27.9 Å². The number of ether oxygens (including phenoxy) is 2. The minimum Gasteiger partial charge on any atom is -0.508 e. The molecule has 4 aliphatic rings. The summed E-state index contributed by atoms with van der Waals surface area (Å²) >= 11 is 0. The van der Waals surface area contributed by atoms with Gasteiger partial charge in [-0.05, 0) is 96.0 Å². The number of amides is 3. The van der Waals surface area contributed by atoms with Crippen molar-refractivity contribution in [3.8, 4) is 17.6 Å². The van der Waals surface area contributed by atoms with Crippen LogP contribution in [-0.4, -0.2) is 62.1 Å². The number of non-ortho nitro benzene ring substituents is 1. The van der Waals surface area contributed by atoms with Gasteiger partial charge in [0.15, 0.2) is 0 Å². The molecule has 5 aromatic rings. The standard InChI is InChI=1S/C53H48N4O10/c1-2-31-54-48(59)43-45-49(60)67-46(37-15-9-6-10-16-37)44(36-13-7-5-8-14-36)56(45)47(38-20-24-40(58)25-21-38)53(43)41-32-34(27-30-52(63)28-11-3-4-12-29-52)19-26-42(41)55(50(53)61)51(62)66-33-35-17-22-39(23-18-35)57(64)65/h2,5-10,13-26,32,43-47,58,63H,1,3-4,11-12,28-29,31,33H2,(H,54,59)/t43-,44-,45-,46+,47+,53-/m0/s1. The Hall–Kier alpha value is -7.60.